The number of carbonyl (C=O) groups excluding carboxylic acids is 1. The van der Waals surface area contributed by atoms with Crippen LogP contribution in [0.2, 0.25) is 0 Å². The van der Waals surface area contributed by atoms with Gasteiger partial charge in [-0.25, -0.2) is 0 Å². The van der Waals surface area contributed by atoms with Crippen molar-refractivity contribution in [1.29, 1.82) is 0 Å². The zero-order chi connectivity index (χ0) is 18.5. The number of rotatable bonds is 5. The van der Waals surface area contributed by atoms with Crippen LogP contribution < -0.4 is 19.1 Å². The van der Waals surface area contributed by atoms with Crippen LogP contribution in [0.3, 0.4) is 0 Å². The molecule has 1 heterocycles. The van der Waals surface area contributed by atoms with Gasteiger partial charge in [-0.15, -0.1) is 0 Å². The standard InChI is InChI=1S/C20H24N2O4/c1-24-17-6-4-5-16(13-17)21-7-9-22(10-8-21)20(23)15-11-18(25-2)14-19(12-15)26-3/h4-6,11-14H,7-10H2,1-3H3. The van der Waals surface area contributed by atoms with E-state index in [9.17, 15) is 4.79 Å². The molecular formula is C20H24N2O4. The number of anilines is 1. The van der Waals surface area contributed by atoms with Gasteiger partial charge in [-0.1, -0.05) is 6.07 Å². The van der Waals surface area contributed by atoms with Crippen LogP contribution in [0.4, 0.5) is 5.69 Å². The third-order valence-corrected chi connectivity index (χ3v) is 4.58. The molecule has 0 bridgehead atoms. The Hall–Kier alpha value is -2.89. The van der Waals surface area contributed by atoms with Gasteiger partial charge in [-0.05, 0) is 24.3 Å². The minimum absolute atomic E-state index is 0.00695. The highest BCUT2D eigenvalue weighted by atomic mass is 16.5. The molecule has 1 aliphatic heterocycles. The maximum Gasteiger partial charge on any atom is 0.254 e. The first kappa shape index (κ1) is 17.9. The molecule has 3 rings (SSSR count). The molecule has 26 heavy (non-hydrogen) atoms. The van der Waals surface area contributed by atoms with Crippen LogP contribution in [-0.2, 0) is 0 Å². The summed E-state index contributed by atoms with van der Waals surface area (Å²) in [6.45, 7) is 2.88. The molecule has 1 fully saturated rings. The quantitative estimate of drug-likeness (QED) is 0.824. The van der Waals surface area contributed by atoms with E-state index in [2.05, 4.69) is 11.0 Å². The minimum Gasteiger partial charge on any atom is -0.497 e. The molecule has 0 atom stereocenters. The first-order valence-corrected chi connectivity index (χ1v) is 8.56. The summed E-state index contributed by atoms with van der Waals surface area (Å²) in [4.78, 5) is 17.0. The zero-order valence-corrected chi connectivity index (χ0v) is 15.4. The zero-order valence-electron chi connectivity index (χ0n) is 15.4. The monoisotopic (exact) mass is 356 g/mol. The number of carbonyl (C=O) groups is 1. The Morgan fingerprint density at radius 1 is 0.808 bits per heavy atom. The Labute approximate surface area is 153 Å². The number of ether oxygens (including phenoxy) is 3. The summed E-state index contributed by atoms with van der Waals surface area (Å²) in [7, 11) is 4.82. The summed E-state index contributed by atoms with van der Waals surface area (Å²) in [6, 6.07) is 13.3. The smallest absolute Gasteiger partial charge is 0.254 e. The van der Waals surface area contributed by atoms with Gasteiger partial charge in [0.15, 0.2) is 0 Å². The summed E-state index contributed by atoms with van der Waals surface area (Å²) in [5.74, 6) is 2.06. The molecule has 0 saturated carbocycles. The number of hydrogen-bond acceptors (Lipinski definition) is 5. The number of amides is 1. The Morgan fingerprint density at radius 2 is 1.42 bits per heavy atom. The molecule has 2 aromatic carbocycles. The maximum atomic E-state index is 12.9. The second-order valence-electron chi connectivity index (χ2n) is 6.08. The maximum absolute atomic E-state index is 12.9. The predicted molar refractivity (Wildman–Crippen MR) is 101 cm³/mol. The molecule has 1 saturated heterocycles. The minimum atomic E-state index is -0.00695. The van der Waals surface area contributed by atoms with Crippen LogP contribution in [0.15, 0.2) is 42.5 Å². The number of piperazine rings is 1. The fourth-order valence-electron chi connectivity index (χ4n) is 3.09. The summed E-state index contributed by atoms with van der Waals surface area (Å²) in [5.41, 5.74) is 1.69. The van der Waals surface area contributed by atoms with Crippen molar-refractivity contribution in [1.82, 2.24) is 4.90 Å². The molecule has 0 aliphatic carbocycles. The fourth-order valence-corrected chi connectivity index (χ4v) is 3.09. The van der Waals surface area contributed by atoms with E-state index in [4.69, 9.17) is 14.2 Å². The summed E-state index contributed by atoms with van der Waals surface area (Å²) in [5, 5.41) is 0. The molecule has 1 aliphatic rings. The first-order valence-electron chi connectivity index (χ1n) is 8.56. The van der Waals surface area contributed by atoms with Crippen molar-refractivity contribution in [3.63, 3.8) is 0 Å². The second-order valence-corrected chi connectivity index (χ2v) is 6.08. The van der Waals surface area contributed by atoms with E-state index in [0.29, 0.717) is 30.2 Å². The Kier molecular flexibility index (Phi) is 5.51. The summed E-state index contributed by atoms with van der Waals surface area (Å²) in [6.07, 6.45) is 0. The van der Waals surface area contributed by atoms with Gasteiger partial charge < -0.3 is 24.0 Å². The summed E-state index contributed by atoms with van der Waals surface area (Å²) >= 11 is 0. The van der Waals surface area contributed by atoms with E-state index in [1.54, 1.807) is 39.5 Å². The lowest BCUT2D eigenvalue weighted by molar-refractivity contribution is 0.0746. The Balaban J connectivity index is 1.68. The van der Waals surface area contributed by atoms with Crippen LogP contribution in [0.25, 0.3) is 0 Å². The van der Waals surface area contributed by atoms with Gasteiger partial charge in [0.25, 0.3) is 5.91 Å². The van der Waals surface area contributed by atoms with Gasteiger partial charge in [-0.3, -0.25) is 4.79 Å². The average Bonchev–Trinajstić information content (AvgIpc) is 2.72. The van der Waals surface area contributed by atoms with Gasteiger partial charge in [0.1, 0.15) is 17.2 Å². The molecule has 0 N–H and O–H groups in total. The van der Waals surface area contributed by atoms with Crippen LogP contribution in [0, 0.1) is 0 Å². The highest BCUT2D eigenvalue weighted by molar-refractivity contribution is 5.95. The van der Waals surface area contributed by atoms with Crippen molar-refractivity contribution in [3.8, 4) is 17.2 Å². The lowest BCUT2D eigenvalue weighted by atomic mass is 10.1. The van der Waals surface area contributed by atoms with Crippen molar-refractivity contribution in [2.75, 3.05) is 52.4 Å². The fraction of sp³-hybridized carbons (Fsp3) is 0.350. The van der Waals surface area contributed by atoms with Gasteiger partial charge in [0, 0.05) is 49.6 Å². The van der Waals surface area contributed by atoms with Crippen LogP contribution >= 0.6 is 0 Å². The summed E-state index contributed by atoms with van der Waals surface area (Å²) < 4.78 is 15.8. The van der Waals surface area contributed by atoms with Gasteiger partial charge in [0.05, 0.1) is 21.3 Å². The van der Waals surface area contributed by atoms with E-state index in [0.717, 1.165) is 24.5 Å². The lowest BCUT2D eigenvalue weighted by Crippen LogP contribution is -2.48. The van der Waals surface area contributed by atoms with E-state index in [-0.39, 0.29) is 5.91 Å². The largest absolute Gasteiger partial charge is 0.497 e. The lowest BCUT2D eigenvalue weighted by Gasteiger charge is -2.36. The van der Waals surface area contributed by atoms with E-state index < -0.39 is 0 Å². The highest BCUT2D eigenvalue weighted by Crippen LogP contribution is 2.25. The molecule has 6 heteroatoms. The van der Waals surface area contributed by atoms with E-state index >= 15 is 0 Å². The second kappa shape index (κ2) is 7.99. The molecule has 2 aromatic rings. The van der Waals surface area contributed by atoms with Gasteiger partial charge >= 0.3 is 0 Å². The van der Waals surface area contributed by atoms with Crippen molar-refractivity contribution in [2.24, 2.45) is 0 Å². The number of hydrogen-bond donors (Lipinski definition) is 0. The number of nitrogens with zero attached hydrogens (tertiary/aromatic N) is 2. The van der Waals surface area contributed by atoms with Crippen LogP contribution in [0.1, 0.15) is 10.4 Å². The highest BCUT2D eigenvalue weighted by Gasteiger charge is 2.23. The Bertz CT molecular complexity index is 748. The molecule has 0 aromatic heterocycles. The Morgan fingerprint density at radius 3 is 2.00 bits per heavy atom. The molecule has 0 radical (unpaired) electrons. The first-order chi connectivity index (χ1) is 12.6. The molecule has 0 unspecified atom stereocenters. The predicted octanol–water partition coefficient (Wildman–Crippen LogP) is 2.67. The molecular weight excluding hydrogens is 332 g/mol. The number of methoxy groups -OCH3 is 3. The average molecular weight is 356 g/mol. The van der Waals surface area contributed by atoms with Gasteiger partial charge in [0.2, 0.25) is 0 Å². The van der Waals surface area contributed by atoms with Crippen LogP contribution in [-0.4, -0.2) is 58.3 Å². The van der Waals surface area contributed by atoms with Crippen molar-refractivity contribution >= 4 is 11.6 Å². The van der Waals surface area contributed by atoms with Crippen LogP contribution in [0.5, 0.6) is 17.2 Å². The third-order valence-electron chi connectivity index (χ3n) is 4.58. The number of benzene rings is 2. The molecule has 0 spiro atoms. The SMILES string of the molecule is COc1cc(OC)cc(C(=O)N2CCN(c3cccc(OC)c3)CC2)c1. The van der Waals surface area contributed by atoms with E-state index in [1.165, 1.54) is 0 Å². The molecule has 138 valence electrons. The molecule has 1 amide bonds. The van der Waals surface area contributed by atoms with Gasteiger partial charge in [-0.2, -0.15) is 0 Å². The van der Waals surface area contributed by atoms with Crippen molar-refractivity contribution < 1.29 is 19.0 Å². The topological polar surface area (TPSA) is 51.2 Å². The third kappa shape index (κ3) is 3.85. The normalized spacial score (nSPS) is 14.1. The van der Waals surface area contributed by atoms with Crippen molar-refractivity contribution in [2.45, 2.75) is 0 Å². The molecule has 6 nitrogen and oxygen atoms in total. The van der Waals surface area contributed by atoms with E-state index in [1.807, 2.05) is 23.1 Å². The van der Waals surface area contributed by atoms with Crippen molar-refractivity contribution in [3.05, 3.63) is 48.0 Å².